The maximum absolute atomic E-state index is 12.2. The fraction of sp³-hybridized carbons (Fsp3) is 0.400. The summed E-state index contributed by atoms with van der Waals surface area (Å²) in [6.07, 6.45) is 4.48. The van der Waals surface area contributed by atoms with Gasteiger partial charge < -0.3 is 19.4 Å². The van der Waals surface area contributed by atoms with Gasteiger partial charge in [0.25, 0.3) is 5.56 Å². The van der Waals surface area contributed by atoms with Gasteiger partial charge in [-0.15, -0.1) is 5.10 Å². The fourth-order valence-electron chi connectivity index (χ4n) is 3.44. The molecule has 1 aliphatic heterocycles. The van der Waals surface area contributed by atoms with Gasteiger partial charge in [-0.1, -0.05) is 0 Å². The summed E-state index contributed by atoms with van der Waals surface area (Å²) < 4.78 is 12.8. The molecule has 4 rings (SSSR count). The zero-order valence-electron chi connectivity index (χ0n) is 16.4. The van der Waals surface area contributed by atoms with Crippen LogP contribution in [-0.4, -0.2) is 55.9 Å². The summed E-state index contributed by atoms with van der Waals surface area (Å²) >= 11 is 0. The van der Waals surface area contributed by atoms with Crippen LogP contribution in [0.3, 0.4) is 0 Å². The number of imidazole rings is 1. The summed E-state index contributed by atoms with van der Waals surface area (Å²) in [5, 5.41) is 4.48. The molecule has 29 heavy (non-hydrogen) atoms. The Hall–Kier alpha value is -3.36. The zero-order chi connectivity index (χ0) is 20.4. The number of H-pyrrole nitrogens is 1. The summed E-state index contributed by atoms with van der Waals surface area (Å²) in [6, 6.07) is 6.92. The number of ether oxygens (including phenoxy) is 2. The molecule has 0 aromatic carbocycles. The number of nitrogens with one attached hydrogen (secondary N) is 1. The van der Waals surface area contributed by atoms with Crippen molar-refractivity contribution in [3.8, 4) is 17.1 Å². The standard InChI is InChI=1S/C20H23N5O4/c1-13(2)29-20(27)24-10-4-5-14(24)12-28-18-8-7-17-22-11-16(25(17)23-18)15-6-3-9-21-19(15)26/h3,6-9,11,13-14H,4-5,10,12H2,1-2H3,(H,21,26)/t14-/m0/s1. The second kappa shape index (κ2) is 7.94. The van der Waals surface area contributed by atoms with E-state index in [1.807, 2.05) is 13.8 Å². The Morgan fingerprint density at radius 3 is 3.00 bits per heavy atom. The Kier molecular flexibility index (Phi) is 5.20. The normalized spacial score (nSPS) is 16.5. The molecule has 0 aliphatic carbocycles. The number of carbonyl (C=O) groups is 1. The predicted molar refractivity (Wildman–Crippen MR) is 106 cm³/mol. The molecule has 0 spiro atoms. The van der Waals surface area contributed by atoms with E-state index in [-0.39, 0.29) is 23.8 Å². The van der Waals surface area contributed by atoms with Gasteiger partial charge in [-0.25, -0.2) is 14.3 Å². The van der Waals surface area contributed by atoms with Gasteiger partial charge in [0.05, 0.1) is 29.6 Å². The SMILES string of the molecule is CC(C)OC(=O)N1CCC[C@H]1COc1ccc2ncc(-c3ccc[nH]c3=O)n2n1. The average molecular weight is 397 g/mol. The summed E-state index contributed by atoms with van der Waals surface area (Å²) in [6.45, 7) is 4.65. The number of rotatable bonds is 5. The van der Waals surface area contributed by atoms with Crippen LogP contribution in [0.25, 0.3) is 16.9 Å². The minimum atomic E-state index is -0.310. The van der Waals surface area contributed by atoms with Gasteiger partial charge in [0.2, 0.25) is 5.88 Å². The predicted octanol–water partition coefficient (Wildman–Crippen LogP) is 2.47. The molecular weight excluding hydrogens is 374 g/mol. The summed E-state index contributed by atoms with van der Waals surface area (Å²) in [5.74, 6) is 0.396. The molecule has 0 radical (unpaired) electrons. The third kappa shape index (κ3) is 3.94. The molecule has 1 atom stereocenters. The van der Waals surface area contributed by atoms with Gasteiger partial charge in [-0.3, -0.25) is 4.79 Å². The van der Waals surface area contributed by atoms with Crippen LogP contribution in [-0.2, 0) is 4.74 Å². The van der Waals surface area contributed by atoms with Crippen LogP contribution in [0.2, 0.25) is 0 Å². The number of nitrogens with zero attached hydrogens (tertiary/aromatic N) is 4. The van der Waals surface area contributed by atoms with E-state index in [4.69, 9.17) is 9.47 Å². The third-order valence-electron chi connectivity index (χ3n) is 4.80. The van der Waals surface area contributed by atoms with E-state index in [1.165, 1.54) is 0 Å². The van der Waals surface area contributed by atoms with Crippen LogP contribution >= 0.6 is 0 Å². The summed E-state index contributed by atoms with van der Waals surface area (Å²) in [7, 11) is 0. The number of hydrogen-bond donors (Lipinski definition) is 1. The summed E-state index contributed by atoms with van der Waals surface area (Å²) in [4.78, 5) is 33.0. The molecule has 1 saturated heterocycles. The lowest BCUT2D eigenvalue weighted by molar-refractivity contribution is 0.0651. The van der Waals surface area contributed by atoms with Crippen LogP contribution in [0.4, 0.5) is 4.79 Å². The van der Waals surface area contributed by atoms with E-state index in [0.29, 0.717) is 35.9 Å². The van der Waals surface area contributed by atoms with Crippen molar-refractivity contribution in [3.05, 3.63) is 47.0 Å². The Bertz CT molecular complexity index is 1070. The largest absolute Gasteiger partial charge is 0.474 e. The Morgan fingerprint density at radius 1 is 1.34 bits per heavy atom. The van der Waals surface area contributed by atoms with Gasteiger partial charge in [0.15, 0.2) is 5.65 Å². The molecule has 3 aromatic rings. The van der Waals surface area contributed by atoms with Crippen LogP contribution in [0.1, 0.15) is 26.7 Å². The Balaban J connectivity index is 1.52. The highest BCUT2D eigenvalue weighted by molar-refractivity contribution is 5.68. The smallest absolute Gasteiger partial charge is 0.410 e. The van der Waals surface area contributed by atoms with Gasteiger partial charge in [-0.2, -0.15) is 0 Å². The molecule has 0 unspecified atom stereocenters. The Labute approximate surface area is 167 Å². The third-order valence-corrected chi connectivity index (χ3v) is 4.80. The first kappa shape index (κ1) is 19.0. The van der Waals surface area contributed by atoms with Gasteiger partial charge in [-0.05, 0) is 44.9 Å². The molecule has 9 nitrogen and oxygen atoms in total. The lowest BCUT2D eigenvalue weighted by Gasteiger charge is -2.24. The van der Waals surface area contributed by atoms with Crippen LogP contribution < -0.4 is 10.3 Å². The van der Waals surface area contributed by atoms with E-state index in [2.05, 4.69) is 15.1 Å². The van der Waals surface area contributed by atoms with Gasteiger partial charge in [0, 0.05) is 18.8 Å². The maximum Gasteiger partial charge on any atom is 0.410 e. The highest BCUT2D eigenvalue weighted by Crippen LogP contribution is 2.21. The van der Waals surface area contributed by atoms with E-state index in [9.17, 15) is 9.59 Å². The van der Waals surface area contributed by atoms with Crippen LogP contribution in [0.15, 0.2) is 41.5 Å². The first-order valence-electron chi connectivity index (χ1n) is 9.66. The van der Waals surface area contributed by atoms with Gasteiger partial charge in [0.1, 0.15) is 6.61 Å². The van der Waals surface area contributed by atoms with E-state index in [1.54, 1.807) is 46.1 Å². The maximum atomic E-state index is 12.2. The van der Waals surface area contributed by atoms with E-state index >= 15 is 0 Å². The van der Waals surface area contributed by atoms with Crippen LogP contribution in [0.5, 0.6) is 5.88 Å². The topological polar surface area (TPSA) is 102 Å². The van der Waals surface area contributed by atoms with Crippen molar-refractivity contribution >= 4 is 11.7 Å². The molecule has 0 saturated carbocycles. The van der Waals surface area contributed by atoms with E-state index < -0.39 is 0 Å². The number of pyridine rings is 1. The molecular formula is C20H23N5O4. The van der Waals surface area contributed by atoms with Crippen molar-refractivity contribution < 1.29 is 14.3 Å². The number of fused-ring (bicyclic) bond motifs is 1. The Morgan fingerprint density at radius 2 is 2.21 bits per heavy atom. The number of likely N-dealkylation sites (tertiary alicyclic amines) is 1. The molecule has 152 valence electrons. The van der Waals surface area contributed by atoms with Crippen LogP contribution in [0, 0.1) is 0 Å². The molecule has 3 aromatic heterocycles. The highest BCUT2D eigenvalue weighted by Gasteiger charge is 2.31. The number of amides is 1. The van der Waals surface area contributed by atoms with Crippen molar-refractivity contribution in [2.75, 3.05) is 13.2 Å². The van der Waals surface area contributed by atoms with Crippen molar-refractivity contribution in [1.82, 2.24) is 24.5 Å². The molecule has 4 heterocycles. The second-order valence-corrected chi connectivity index (χ2v) is 7.23. The molecule has 1 N–H and O–H groups in total. The quantitative estimate of drug-likeness (QED) is 0.710. The van der Waals surface area contributed by atoms with Gasteiger partial charge >= 0.3 is 6.09 Å². The fourth-order valence-corrected chi connectivity index (χ4v) is 3.44. The minimum Gasteiger partial charge on any atom is -0.474 e. The molecule has 1 amide bonds. The van der Waals surface area contributed by atoms with Crippen molar-refractivity contribution in [1.29, 1.82) is 0 Å². The first-order valence-corrected chi connectivity index (χ1v) is 9.66. The lowest BCUT2D eigenvalue weighted by Crippen LogP contribution is -2.40. The lowest BCUT2D eigenvalue weighted by atomic mass is 10.2. The first-order chi connectivity index (χ1) is 14.0. The molecule has 9 heteroatoms. The summed E-state index contributed by atoms with van der Waals surface area (Å²) in [5.41, 5.74) is 1.45. The minimum absolute atomic E-state index is 0.0574. The number of aromatic nitrogens is 4. The van der Waals surface area contributed by atoms with E-state index in [0.717, 1.165) is 12.8 Å². The number of hydrogen-bond acceptors (Lipinski definition) is 6. The number of aromatic amines is 1. The number of carbonyl (C=O) groups excluding carboxylic acids is 1. The second-order valence-electron chi connectivity index (χ2n) is 7.23. The van der Waals surface area contributed by atoms with Crippen molar-refractivity contribution in [2.24, 2.45) is 0 Å². The monoisotopic (exact) mass is 397 g/mol. The average Bonchev–Trinajstić information content (AvgIpc) is 3.33. The molecule has 1 fully saturated rings. The highest BCUT2D eigenvalue weighted by atomic mass is 16.6. The van der Waals surface area contributed by atoms with Crippen molar-refractivity contribution in [3.63, 3.8) is 0 Å². The van der Waals surface area contributed by atoms with Crippen molar-refractivity contribution in [2.45, 2.75) is 38.8 Å². The zero-order valence-corrected chi connectivity index (χ0v) is 16.4. The molecule has 0 bridgehead atoms. The molecule has 1 aliphatic rings.